The van der Waals surface area contributed by atoms with Crippen molar-refractivity contribution in [1.29, 1.82) is 0 Å². The Morgan fingerprint density at radius 3 is 2.38 bits per heavy atom. The SMILES string of the molecule is [2H]c1c([2H])c([2H])c(/N=C(/C)c2ccc(Cl)cc2)c([2H])c1[2H]. The molecule has 2 rings (SSSR count). The summed E-state index contributed by atoms with van der Waals surface area (Å²) in [7, 11) is 0. The summed E-state index contributed by atoms with van der Waals surface area (Å²) in [4.78, 5) is 4.20. The van der Waals surface area contributed by atoms with Gasteiger partial charge in [-0.1, -0.05) is 41.9 Å². The van der Waals surface area contributed by atoms with Gasteiger partial charge in [-0.15, -0.1) is 0 Å². The molecule has 0 aliphatic heterocycles. The Kier molecular flexibility index (Phi) is 1.92. The van der Waals surface area contributed by atoms with E-state index >= 15 is 0 Å². The van der Waals surface area contributed by atoms with Crippen LogP contribution in [-0.2, 0) is 0 Å². The lowest BCUT2D eigenvalue weighted by Crippen LogP contribution is -1.92. The van der Waals surface area contributed by atoms with Crippen LogP contribution in [0.5, 0.6) is 0 Å². The minimum atomic E-state index is -0.423. The number of hydrogen-bond donors (Lipinski definition) is 0. The van der Waals surface area contributed by atoms with Gasteiger partial charge in [0.05, 0.1) is 12.5 Å². The maximum absolute atomic E-state index is 7.82. The average molecular weight is 235 g/mol. The number of rotatable bonds is 2. The van der Waals surface area contributed by atoms with Crippen LogP contribution in [0, 0.1) is 0 Å². The van der Waals surface area contributed by atoms with E-state index in [1.807, 2.05) is 0 Å². The summed E-state index contributed by atoms with van der Waals surface area (Å²) in [5.41, 5.74) is 1.25. The second kappa shape index (κ2) is 4.95. The van der Waals surface area contributed by atoms with E-state index < -0.39 is 18.1 Å². The Hall–Kier alpha value is -1.60. The second-order valence-corrected chi connectivity index (χ2v) is 3.61. The van der Waals surface area contributed by atoms with Crippen molar-refractivity contribution in [3.63, 3.8) is 0 Å². The summed E-state index contributed by atoms with van der Waals surface area (Å²) >= 11 is 5.82. The Morgan fingerprint density at radius 2 is 1.75 bits per heavy atom. The van der Waals surface area contributed by atoms with Gasteiger partial charge in [-0.05, 0) is 36.7 Å². The molecular weight excluding hydrogens is 218 g/mol. The minimum absolute atomic E-state index is 0.0616. The van der Waals surface area contributed by atoms with Crippen LogP contribution >= 0.6 is 11.6 Å². The molecule has 0 amide bonds. The first-order chi connectivity index (χ1) is 9.82. The fourth-order valence-corrected chi connectivity index (χ4v) is 1.35. The van der Waals surface area contributed by atoms with Crippen LogP contribution < -0.4 is 0 Å². The Bertz CT molecular complexity index is 696. The molecule has 0 atom stereocenters. The molecule has 0 bridgehead atoms. The van der Waals surface area contributed by atoms with Gasteiger partial charge in [-0.25, -0.2) is 0 Å². The van der Waals surface area contributed by atoms with E-state index in [0.717, 1.165) is 5.56 Å². The average Bonchev–Trinajstić information content (AvgIpc) is 2.48. The number of para-hydroxylation sites is 1. The van der Waals surface area contributed by atoms with Crippen molar-refractivity contribution in [3.8, 4) is 0 Å². The highest BCUT2D eigenvalue weighted by Crippen LogP contribution is 2.15. The fourth-order valence-electron chi connectivity index (χ4n) is 1.22. The first-order valence-electron chi connectivity index (χ1n) is 7.21. The third-order valence-electron chi connectivity index (χ3n) is 2.03. The van der Waals surface area contributed by atoms with Crippen molar-refractivity contribution in [2.24, 2.45) is 4.99 Å². The van der Waals surface area contributed by atoms with E-state index in [0.29, 0.717) is 10.7 Å². The van der Waals surface area contributed by atoms with Crippen molar-refractivity contribution in [2.45, 2.75) is 6.92 Å². The molecule has 16 heavy (non-hydrogen) atoms. The monoisotopic (exact) mass is 234 g/mol. The normalized spacial score (nSPS) is 15.9. The molecule has 1 nitrogen and oxygen atoms in total. The van der Waals surface area contributed by atoms with Gasteiger partial charge in [0.2, 0.25) is 0 Å². The predicted octanol–water partition coefficient (Wildman–Crippen LogP) is 4.48. The zero-order valence-electron chi connectivity index (χ0n) is 13.6. The van der Waals surface area contributed by atoms with Crippen molar-refractivity contribution in [1.82, 2.24) is 0 Å². The van der Waals surface area contributed by atoms with Crippen LogP contribution in [0.4, 0.5) is 5.69 Å². The van der Waals surface area contributed by atoms with Crippen LogP contribution in [-0.4, -0.2) is 5.71 Å². The number of halogens is 1. The lowest BCUT2D eigenvalue weighted by Gasteiger charge is -2.01. The van der Waals surface area contributed by atoms with E-state index in [-0.39, 0.29) is 17.8 Å². The molecule has 80 valence electrons. The molecule has 0 N–H and O–H groups in total. The summed E-state index contributed by atoms with van der Waals surface area (Å²) in [6, 6.07) is 5.11. The van der Waals surface area contributed by atoms with E-state index in [1.54, 1.807) is 31.2 Å². The molecule has 0 aromatic heterocycles. The van der Waals surface area contributed by atoms with Gasteiger partial charge < -0.3 is 0 Å². The highest BCUT2D eigenvalue weighted by molar-refractivity contribution is 6.30. The highest BCUT2D eigenvalue weighted by atomic mass is 35.5. The van der Waals surface area contributed by atoms with Gasteiger partial charge in [0.1, 0.15) is 0 Å². The van der Waals surface area contributed by atoms with Crippen molar-refractivity contribution in [2.75, 3.05) is 0 Å². The van der Waals surface area contributed by atoms with E-state index in [2.05, 4.69) is 4.99 Å². The number of nitrogens with zero attached hydrogens (tertiary/aromatic N) is 1. The number of benzene rings is 2. The molecule has 0 aliphatic carbocycles. The summed E-state index contributed by atoms with van der Waals surface area (Å²) in [5, 5.41) is 0.592. The van der Waals surface area contributed by atoms with Gasteiger partial charge in [-0.2, -0.15) is 0 Å². The van der Waals surface area contributed by atoms with Crippen LogP contribution in [0.25, 0.3) is 0 Å². The van der Waals surface area contributed by atoms with Crippen molar-refractivity contribution in [3.05, 3.63) is 65.1 Å². The zero-order chi connectivity index (χ0) is 15.7. The molecular formula is C14H12ClN. The topological polar surface area (TPSA) is 12.4 Å². The molecule has 0 heterocycles. The largest absolute Gasteiger partial charge is 0.253 e. The Balaban J connectivity index is 2.57. The molecule has 0 unspecified atom stereocenters. The first kappa shape index (κ1) is 6.21. The van der Waals surface area contributed by atoms with Crippen LogP contribution in [0.1, 0.15) is 19.3 Å². The van der Waals surface area contributed by atoms with Crippen LogP contribution in [0.15, 0.2) is 59.5 Å². The van der Waals surface area contributed by atoms with Crippen molar-refractivity contribution < 1.29 is 6.85 Å². The van der Waals surface area contributed by atoms with Gasteiger partial charge in [0.25, 0.3) is 0 Å². The minimum Gasteiger partial charge on any atom is -0.253 e. The zero-order valence-corrected chi connectivity index (χ0v) is 9.39. The van der Waals surface area contributed by atoms with Crippen LogP contribution in [0.2, 0.25) is 5.02 Å². The number of hydrogen-bond acceptors (Lipinski definition) is 1. The van der Waals surface area contributed by atoms with Gasteiger partial charge >= 0.3 is 0 Å². The molecule has 2 aromatic carbocycles. The maximum Gasteiger partial charge on any atom is 0.0646 e. The van der Waals surface area contributed by atoms with Crippen molar-refractivity contribution >= 4 is 23.0 Å². The fraction of sp³-hybridized carbons (Fsp3) is 0.0714. The van der Waals surface area contributed by atoms with E-state index in [1.165, 1.54) is 0 Å². The molecule has 0 fully saturated rings. The lowest BCUT2D eigenvalue weighted by atomic mass is 10.1. The molecule has 0 saturated heterocycles. The van der Waals surface area contributed by atoms with Gasteiger partial charge in [0.15, 0.2) is 0 Å². The molecule has 0 spiro atoms. The third-order valence-corrected chi connectivity index (χ3v) is 2.28. The van der Waals surface area contributed by atoms with Gasteiger partial charge in [-0.3, -0.25) is 4.99 Å². The maximum atomic E-state index is 7.82. The van der Waals surface area contributed by atoms with Crippen LogP contribution in [0.3, 0.4) is 0 Å². The molecule has 0 radical (unpaired) electrons. The molecule has 2 aromatic rings. The number of aliphatic imine (C=N–C) groups is 1. The summed E-state index contributed by atoms with van der Waals surface area (Å²) < 4.78 is 38.4. The standard InChI is InChI=1S/C14H12ClN/c1-11(12-7-9-13(15)10-8-12)16-14-5-3-2-4-6-14/h2-10H,1H3/b16-11-/i2D,3D,4D,5D,6D. The quantitative estimate of drug-likeness (QED) is 0.680. The summed E-state index contributed by atoms with van der Waals surface area (Å²) in [6.07, 6.45) is 0. The third kappa shape index (κ3) is 2.71. The molecule has 0 aliphatic rings. The Morgan fingerprint density at radius 1 is 1.12 bits per heavy atom. The van der Waals surface area contributed by atoms with E-state index in [4.69, 9.17) is 18.5 Å². The highest BCUT2D eigenvalue weighted by Gasteiger charge is 1.97. The predicted molar refractivity (Wildman–Crippen MR) is 69.8 cm³/mol. The molecule has 2 heteroatoms. The van der Waals surface area contributed by atoms with E-state index in [9.17, 15) is 0 Å². The molecule has 0 saturated carbocycles. The first-order valence-corrected chi connectivity index (χ1v) is 5.09. The lowest BCUT2D eigenvalue weighted by molar-refractivity contribution is 1.47. The summed E-state index contributed by atoms with van der Waals surface area (Å²) in [5.74, 6) is 0. The van der Waals surface area contributed by atoms with Gasteiger partial charge in [0, 0.05) is 10.7 Å². The smallest absolute Gasteiger partial charge is 0.0646 e. The summed E-state index contributed by atoms with van der Waals surface area (Å²) in [6.45, 7) is 1.71. The second-order valence-electron chi connectivity index (χ2n) is 3.18. The Labute approximate surface area is 107 Å².